The Morgan fingerprint density at radius 1 is 1.14 bits per heavy atom. The van der Waals surface area contributed by atoms with Crippen LogP contribution in [0.1, 0.15) is 11.3 Å². The highest BCUT2D eigenvalue weighted by atomic mass is 35.5. The topological polar surface area (TPSA) is 29.0 Å². The Balaban J connectivity index is 2.02. The van der Waals surface area contributed by atoms with Gasteiger partial charge in [-0.2, -0.15) is 0 Å². The summed E-state index contributed by atoms with van der Waals surface area (Å²) in [6.07, 6.45) is 3.66. The van der Waals surface area contributed by atoms with E-state index in [1.54, 1.807) is 6.20 Å². The van der Waals surface area contributed by atoms with Gasteiger partial charge in [-0.15, -0.1) is 11.6 Å². The van der Waals surface area contributed by atoms with E-state index in [1.807, 2.05) is 37.5 Å². The van der Waals surface area contributed by atoms with Crippen LogP contribution < -0.4 is 4.90 Å². The number of fused-ring (bicyclic) bond motifs is 1. The lowest BCUT2D eigenvalue weighted by Gasteiger charge is -2.20. The molecule has 0 radical (unpaired) electrons. The van der Waals surface area contributed by atoms with E-state index in [9.17, 15) is 0 Å². The van der Waals surface area contributed by atoms with Gasteiger partial charge in [-0.05, 0) is 23.1 Å². The Labute approximate surface area is 129 Å². The largest absolute Gasteiger partial charge is 0.355 e. The minimum atomic E-state index is 0.415. The molecule has 0 unspecified atom stereocenters. The molecule has 0 saturated carbocycles. The molecule has 3 nitrogen and oxygen atoms in total. The van der Waals surface area contributed by atoms with Gasteiger partial charge >= 0.3 is 0 Å². The lowest BCUT2D eigenvalue weighted by atomic mass is 10.1. The van der Waals surface area contributed by atoms with Gasteiger partial charge in [0.25, 0.3) is 0 Å². The smallest absolute Gasteiger partial charge is 0.136 e. The van der Waals surface area contributed by atoms with Crippen LogP contribution >= 0.6 is 11.6 Å². The van der Waals surface area contributed by atoms with Gasteiger partial charge in [0.1, 0.15) is 5.82 Å². The summed E-state index contributed by atoms with van der Waals surface area (Å²) >= 11 is 5.97. The molecule has 3 rings (SSSR count). The van der Waals surface area contributed by atoms with Crippen LogP contribution in [-0.4, -0.2) is 17.0 Å². The Morgan fingerprint density at radius 2 is 2.00 bits per heavy atom. The van der Waals surface area contributed by atoms with Crippen LogP contribution in [0.4, 0.5) is 5.82 Å². The highest BCUT2D eigenvalue weighted by molar-refractivity contribution is 6.17. The average molecular weight is 298 g/mol. The minimum absolute atomic E-state index is 0.415. The van der Waals surface area contributed by atoms with E-state index in [2.05, 4.69) is 33.1 Å². The third-order valence-corrected chi connectivity index (χ3v) is 3.69. The van der Waals surface area contributed by atoms with Gasteiger partial charge in [-0.1, -0.05) is 30.3 Å². The van der Waals surface area contributed by atoms with Crippen molar-refractivity contribution in [3.63, 3.8) is 0 Å². The predicted octanol–water partition coefficient (Wildman–Crippen LogP) is 4.01. The van der Waals surface area contributed by atoms with Gasteiger partial charge in [-0.25, -0.2) is 4.98 Å². The summed E-state index contributed by atoms with van der Waals surface area (Å²) in [5, 5.41) is 2.30. The van der Waals surface area contributed by atoms with Gasteiger partial charge in [-0.3, -0.25) is 4.98 Å². The van der Waals surface area contributed by atoms with Crippen molar-refractivity contribution < 1.29 is 0 Å². The maximum Gasteiger partial charge on any atom is 0.136 e. The monoisotopic (exact) mass is 297 g/mol. The van der Waals surface area contributed by atoms with Crippen molar-refractivity contribution in [3.8, 4) is 0 Å². The van der Waals surface area contributed by atoms with Gasteiger partial charge in [0.15, 0.2) is 0 Å². The third kappa shape index (κ3) is 2.98. The molecule has 0 bridgehead atoms. The minimum Gasteiger partial charge on any atom is -0.355 e. The van der Waals surface area contributed by atoms with Crippen LogP contribution in [0.5, 0.6) is 0 Å². The summed E-state index contributed by atoms with van der Waals surface area (Å²) in [6, 6.07) is 14.3. The Hall–Kier alpha value is -2.13. The fraction of sp³-hybridized carbons (Fsp3) is 0.176. The molecule has 0 fully saturated rings. The second-order valence-corrected chi connectivity index (χ2v) is 5.28. The maximum absolute atomic E-state index is 5.97. The molecule has 0 aliphatic rings. The highest BCUT2D eigenvalue weighted by Crippen LogP contribution is 2.26. The first kappa shape index (κ1) is 13.8. The molecule has 1 aromatic carbocycles. The van der Waals surface area contributed by atoms with Gasteiger partial charge in [0.2, 0.25) is 0 Å². The summed E-state index contributed by atoms with van der Waals surface area (Å²) in [5.74, 6) is 1.37. The number of rotatable bonds is 4. The normalized spacial score (nSPS) is 10.8. The predicted molar refractivity (Wildman–Crippen MR) is 87.6 cm³/mol. The van der Waals surface area contributed by atoms with E-state index in [0.717, 1.165) is 34.4 Å². The molecule has 21 heavy (non-hydrogen) atoms. The molecule has 0 saturated heterocycles. The molecular formula is C17H16ClN3. The quantitative estimate of drug-likeness (QED) is 0.682. The van der Waals surface area contributed by atoms with Crippen LogP contribution in [0.2, 0.25) is 0 Å². The lowest BCUT2D eigenvalue weighted by Crippen LogP contribution is -2.18. The molecule has 0 atom stereocenters. The van der Waals surface area contributed by atoms with E-state index >= 15 is 0 Å². The molecule has 0 spiro atoms. The molecular weight excluding hydrogens is 282 g/mol. The van der Waals surface area contributed by atoms with Crippen LogP contribution in [0.15, 0.2) is 54.9 Å². The fourth-order valence-electron chi connectivity index (χ4n) is 2.43. The lowest BCUT2D eigenvalue weighted by molar-refractivity contribution is 0.892. The van der Waals surface area contributed by atoms with Gasteiger partial charge in [0, 0.05) is 31.4 Å². The van der Waals surface area contributed by atoms with Gasteiger partial charge < -0.3 is 4.90 Å². The Morgan fingerprint density at radius 3 is 2.76 bits per heavy atom. The molecule has 0 amide bonds. The van der Waals surface area contributed by atoms with Crippen molar-refractivity contribution in [2.24, 2.45) is 0 Å². The number of pyridine rings is 2. The Kier molecular flexibility index (Phi) is 4.02. The van der Waals surface area contributed by atoms with E-state index in [-0.39, 0.29) is 0 Å². The molecule has 4 heteroatoms. The molecule has 3 aromatic rings. The molecule has 0 aliphatic carbocycles. The average Bonchev–Trinajstić information content (AvgIpc) is 2.54. The first-order chi connectivity index (χ1) is 10.3. The summed E-state index contributed by atoms with van der Waals surface area (Å²) in [7, 11) is 2.04. The summed E-state index contributed by atoms with van der Waals surface area (Å²) in [5.41, 5.74) is 2.05. The van der Waals surface area contributed by atoms with Crippen molar-refractivity contribution >= 4 is 28.2 Å². The van der Waals surface area contributed by atoms with Crippen molar-refractivity contribution in [1.29, 1.82) is 0 Å². The van der Waals surface area contributed by atoms with E-state index in [0.29, 0.717) is 5.88 Å². The number of benzene rings is 1. The third-order valence-electron chi connectivity index (χ3n) is 3.41. The molecule has 0 aliphatic heterocycles. The number of anilines is 1. The zero-order valence-corrected chi connectivity index (χ0v) is 12.6. The SMILES string of the molecule is CN(Cc1cccnc1)c1nc(CCl)cc2ccccc12. The van der Waals surface area contributed by atoms with E-state index in [4.69, 9.17) is 11.6 Å². The van der Waals surface area contributed by atoms with Crippen LogP contribution in [-0.2, 0) is 12.4 Å². The van der Waals surface area contributed by atoms with Crippen molar-refractivity contribution in [3.05, 3.63) is 66.1 Å². The second kappa shape index (κ2) is 6.10. The standard InChI is InChI=1S/C17H16ClN3/c1-21(12-13-5-4-8-19-11-13)17-16-7-3-2-6-14(16)9-15(10-18)20-17/h2-9,11H,10,12H2,1H3. The number of alkyl halides is 1. The van der Waals surface area contributed by atoms with Crippen molar-refractivity contribution in [1.82, 2.24) is 9.97 Å². The van der Waals surface area contributed by atoms with Crippen molar-refractivity contribution in [2.45, 2.75) is 12.4 Å². The zero-order chi connectivity index (χ0) is 14.7. The first-order valence-electron chi connectivity index (χ1n) is 6.82. The number of hydrogen-bond acceptors (Lipinski definition) is 3. The Bertz CT molecular complexity index is 743. The molecule has 2 aromatic heterocycles. The zero-order valence-electron chi connectivity index (χ0n) is 11.8. The molecule has 2 heterocycles. The number of nitrogens with zero attached hydrogens (tertiary/aromatic N) is 3. The van der Waals surface area contributed by atoms with Crippen LogP contribution in [0, 0.1) is 0 Å². The van der Waals surface area contributed by atoms with E-state index < -0.39 is 0 Å². The maximum atomic E-state index is 5.97. The molecule has 0 N–H and O–H groups in total. The van der Waals surface area contributed by atoms with E-state index in [1.165, 1.54) is 0 Å². The van der Waals surface area contributed by atoms with Crippen LogP contribution in [0.25, 0.3) is 10.8 Å². The van der Waals surface area contributed by atoms with Gasteiger partial charge in [0.05, 0.1) is 11.6 Å². The second-order valence-electron chi connectivity index (χ2n) is 5.01. The summed E-state index contributed by atoms with van der Waals surface area (Å²) in [6.45, 7) is 0.760. The van der Waals surface area contributed by atoms with Crippen LogP contribution in [0.3, 0.4) is 0 Å². The molecule has 106 valence electrons. The first-order valence-corrected chi connectivity index (χ1v) is 7.36. The summed E-state index contributed by atoms with van der Waals surface area (Å²) in [4.78, 5) is 11.0. The number of aromatic nitrogens is 2. The highest BCUT2D eigenvalue weighted by Gasteiger charge is 2.10. The fourth-order valence-corrected chi connectivity index (χ4v) is 2.57. The van der Waals surface area contributed by atoms with Crippen molar-refractivity contribution in [2.75, 3.05) is 11.9 Å². The summed E-state index contributed by atoms with van der Waals surface area (Å²) < 4.78 is 0. The number of halogens is 1. The number of hydrogen-bond donors (Lipinski definition) is 0.